The number of hydrogen-bond donors (Lipinski definition) is 1. The summed E-state index contributed by atoms with van der Waals surface area (Å²) in [7, 11) is 0. The molecule has 14 heavy (non-hydrogen) atoms. The molecule has 0 radical (unpaired) electrons. The molecule has 0 fully saturated rings. The molecule has 82 valence electrons. The summed E-state index contributed by atoms with van der Waals surface area (Å²) in [6.07, 6.45) is 12.7. The van der Waals surface area contributed by atoms with Crippen LogP contribution in [0.4, 0.5) is 0 Å². The van der Waals surface area contributed by atoms with E-state index in [-0.39, 0.29) is 0 Å². The molecular formula is C10H18O4. The minimum absolute atomic E-state index is 0.435. The van der Waals surface area contributed by atoms with Crippen molar-refractivity contribution >= 4 is 0 Å². The lowest BCUT2D eigenvalue weighted by molar-refractivity contribution is -0.623. The maximum atomic E-state index is 7.73. The lowest BCUT2D eigenvalue weighted by atomic mass is 10.1. The molecule has 0 heterocycles. The van der Waals surface area contributed by atoms with Gasteiger partial charge < -0.3 is 0 Å². The van der Waals surface area contributed by atoms with Crippen molar-refractivity contribution in [1.82, 2.24) is 0 Å². The van der Waals surface area contributed by atoms with Gasteiger partial charge in [-0.15, -0.1) is 12.3 Å². The lowest BCUT2D eigenvalue weighted by Crippen LogP contribution is -1.95. The molecule has 0 saturated carbocycles. The number of terminal acetylenes is 1. The van der Waals surface area contributed by atoms with E-state index in [2.05, 4.69) is 20.9 Å². The van der Waals surface area contributed by atoms with Crippen molar-refractivity contribution in [3.8, 4) is 12.3 Å². The molecule has 0 bridgehead atoms. The van der Waals surface area contributed by atoms with Crippen LogP contribution in [0.3, 0.4) is 0 Å². The van der Waals surface area contributed by atoms with Crippen LogP contribution in [-0.4, -0.2) is 11.9 Å². The summed E-state index contributed by atoms with van der Waals surface area (Å²) in [6, 6.07) is 0. The fraction of sp³-hybridized carbons (Fsp3) is 0.800. The smallest absolute Gasteiger partial charge is 0.0854 e. The summed E-state index contributed by atoms with van der Waals surface area (Å²) < 4.78 is 0. The normalized spacial score (nSPS) is 10.0. The summed E-state index contributed by atoms with van der Waals surface area (Å²) >= 11 is 0. The van der Waals surface area contributed by atoms with Crippen molar-refractivity contribution < 1.29 is 20.2 Å². The Labute approximate surface area is 84.9 Å². The molecule has 0 saturated heterocycles. The van der Waals surface area contributed by atoms with Crippen LogP contribution < -0.4 is 0 Å². The molecular weight excluding hydrogens is 184 g/mol. The van der Waals surface area contributed by atoms with Gasteiger partial charge in [-0.25, -0.2) is 10.1 Å². The number of hydrogen-bond acceptors (Lipinski definition) is 4. The highest BCUT2D eigenvalue weighted by atomic mass is 17.6. The first-order valence-electron chi connectivity index (χ1n) is 4.95. The van der Waals surface area contributed by atoms with Crippen molar-refractivity contribution in [3.63, 3.8) is 0 Å². The maximum Gasteiger partial charge on any atom is 0.0854 e. The zero-order chi connectivity index (χ0) is 10.5. The van der Waals surface area contributed by atoms with Crippen LogP contribution in [0.15, 0.2) is 0 Å². The second-order valence-corrected chi connectivity index (χ2v) is 3.04. The first kappa shape index (κ1) is 13.4. The largest absolute Gasteiger partial charge is 0.219 e. The third-order valence-corrected chi connectivity index (χ3v) is 1.88. The Balaban J connectivity index is 2.82. The molecule has 0 aliphatic carbocycles. The lowest BCUT2D eigenvalue weighted by Gasteiger charge is -2.00. The molecule has 0 aromatic heterocycles. The van der Waals surface area contributed by atoms with E-state index in [4.69, 9.17) is 11.7 Å². The van der Waals surface area contributed by atoms with Crippen molar-refractivity contribution in [1.29, 1.82) is 0 Å². The Morgan fingerprint density at radius 3 is 2.29 bits per heavy atom. The summed E-state index contributed by atoms with van der Waals surface area (Å²) in [5, 5.41) is 14.8. The van der Waals surface area contributed by atoms with Crippen LogP contribution >= 0.6 is 0 Å². The standard InChI is InChI=1S/C10H18O4/c1-2-3-4-5-6-7-8-9-10-12-14-13-11/h1,11H,3-10H2. The minimum Gasteiger partial charge on any atom is -0.219 e. The third kappa shape index (κ3) is 11.4. The van der Waals surface area contributed by atoms with Gasteiger partial charge in [-0.3, -0.25) is 0 Å². The highest BCUT2D eigenvalue weighted by molar-refractivity contribution is 4.82. The topological polar surface area (TPSA) is 47.9 Å². The fourth-order valence-corrected chi connectivity index (χ4v) is 1.15. The van der Waals surface area contributed by atoms with Crippen LogP contribution in [0.25, 0.3) is 0 Å². The highest BCUT2D eigenvalue weighted by Gasteiger charge is 1.92. The molecule has 0 aromatic carbocycles. The predicted octanol–water partition coefficient (Wildman–Crippen LogP) is 2.70. The van der Waals surface area contributed by atoms with Gasteiger partial charge in [0.25, 0.3) is 0 Å². The monoisotopic (exact) mass is 202 g/mol. The molecule has 4 heteroatoms. The Kier molecular flexibility index (Phi) is 11.9. The quantitative estimate of drug-likeness (QED) is 0.256. The van der Waals surface area contributed by atoms with Crippen molar-refractivity contribution in [3.05, 3.63) is 0 Å². The van der Waals surface area contributed by atoms with Gasteiger partial charge in [-0.2, -0.15) is 0 Å². The number of rotatable bonds is 10. The highest BCUT2D eigenvalue weighted by Crippen LogP contribution is 2.06. The van der Waals surface area contributed by atoms with E-state index in [0.29, 0.717) is 6.61 Å². The SMILES string of the molecule is C#CCCCCCCCCOOOO. The van der Waals surface area contributed by atoms with Crippen molar-refractivity contribution in [2.45, 2.75) is 44.9 Å². The van der Waals surface area contributed by atoms with Crippen LogP contribution in [-0.2, 0) is 15.0 Å². The summed E-state index contributed by atoms with van der Waals surface area (Å²) in [4.78, 5) is 4.43. The van der Waals surface area contributed by atoms with Crippen LogP contribution in [0.2, 0.25) is 0 Å². The Morgan fingerprint density at radius 1 is 1.00 bits per heavy atom. The molecule has 0 rings (SSSR count). The van der Waals surface area contributed by atoms with E-state index in [1.807, 2.05) is 0 Å². The third-order valence-electron chi connectivity index (χ3n) is 1.88. The van der Waals surface area contributed by atoms with Crippen LogP contribution in [0.5, 0.6) is 0 Å². The second-order valence-electron chi connectivity index (χ2n) is 3.04. The molecule has 0 atom stereocenters. The van der Waals surface area contributed by atoms with E-state index in [9.17, 15) is 0 Å². The fourth-order valence-electron chi connectivity index (χ4n) is 1.15. The van der Waals surface area contributed by atoms with Crippen LogP contribution in [0.1, 0.15) is 44.9 Å². The minimum atomic E-state index is 0.435. The first-order chi connectivity index (χ1) is 6.91. The predicted molar refractivity (Wildman–Crippen MR) is 51.9 cm³/mol. The van der Waals surface area contributed by atoms with E-state index < -0.39 is 0 Å². The van der Waals surface area contributed by atoms with E-state index >= 15 is 0 Å². The van der Waals surface area contributed by atoms with Gasteiger partial charge in [0.2, 0.25) is 0 Å². The maximum absolute atomic E-state index is 7.73. The number of unbranched alkanes of at least 4 members (excludes halogenated alkanes) is 6. The Morgan fingerprint density at radius 2 is 1.64 bits per heavy atom. The van der Waals surface area contributed by atoms with Gasteiger partial charge in [0.1, 0.15) is 0 Å². The molecule has 1 N–H and O–H groups in total. The second kappa shape index (κ2) is 12.4. The summed E-state index contributed by atoms with van der Waals surface area (Å²) in [6.45, 7) is 0.435. The average molecular weight is 202 g/mol. The van der Waals surface area contributed by atoms with Gasteiger partial charge >= 0.3 is 0 Å². The summed E-state index contributed by atoms with van der Waals surface area (Å²) in [5.74, 6) is 2.62. The zero-order valence-corrected chi connectivity index (χ0v) is 8.41. The van der Waals surface area contributed by atoms with Gasteiger partial charge in [-0.1, -0.05) is 25.7 Å². The van der Waals surface area contributed by atoms with Crippen LogP contribution in [0, 0.1) is 12.3 Å². The Bertz CT molecular complexity index is 142. The molecule has 0 amide bonds. The average Bonchev–Trinajstić information content (AvgIpc) is 2.21. The van der Waals surface area contributed by atoms with E-state index in [1.54, 1.807) is 0 Å². The van der Waals surface area contributed by atoms with E-state index in [1.165, 1.54) is 19.3 Å². The van der Waals surface area contributed by atoms with Crippen molar-refractivity contribution in [2.75, 3.05) is 6.61 Å². The zero-order valence-electron chi connectivity index (χ0n) is 8.41. The van der Waals surface area contributed by atoms with Crippen molar-refractivity contribution in [2.24, 2.45) is 0 Å². The van der Waals surface area contributed by atoms with Gasteiger partial charge in [0, 0.05) is 6.42 Å². The first-order valence-corrected chi connectivity index (χ1v) is 4.95. The molecule has 0 spiro atoms. The van der Waals surface area contributed by atoms with E-state index in [0.717, 1.165) is 25.7 Å². The molecule has 0 aliphatic heterocycles. The van der Waals surface area contributed by atoms with Gasteiger partial charge in [-0.05, 0) is 22.9 Å². The van der Waals surface area contributed by atoms with Gasteiger partial charge in [0.05, 0.1) is 6.61 Å². The molecule has 0 aromatic rings. The molecule has 0 unspecified atom stereocenters. The molecule has 0 aliphatic rings. The summed E-state index contributed by atoms with van der Waals surface area (Å²) in [5.41, 5.74) is 0. The Hall–Kier alpha value is -0.600. The van der Waals surface area contributed by atoms with Gasteiger partial charge in [0.15, 0.2) is 0 Å². The molecule has 4 nitrogen and oxygen atoms in total.